The van der Waals surface area contributed by atoms with Gasteiger partial charge < -0.3 is 9.72 Å². The van der Waals surface area contributed by atoms with Crippen molar-refractivity contribution in [2.24, 2.45) is 0 Å². The van der Waals surface area contributed by atoms with Crippen molar-refractivity contribution in [3.63, 3.8) is 0 Å². The summed E-state index contributed by atoms with van der Waals surface area (Å²) < 4.78 is 6.06. The number of fused-ring (bicyclic) bond motifs is 1. The summed E-state index contributed by atoms with van der Waals surface area (Å²) in [5, 5.41) is 2.10. The molecule has 0 aliphatic carbocycles. The van der Waals surface area contributed by atoms with Crippen LogP contribution in [0.3, 0.4) is 0 Å². The van der Waals surface area contributed by atoms with Crippen LogP contribution < -0.4 is 4.74 Å². The van der Waals surface area contributed by atoms with Crippen LogP contribution in [0.25, 0.3) is 10.9 Å². The van der Waals surface area contributed by atoms with Crippen LogP contribution in [0.15, 0.2) is 48.7 Å². The van der Waals surface area contributed by atoms with Crippen LogP contribution in [0.1, 0.15) is 12.5 Å². The fraction of sp³-hybridized carbons (Fsp3) is 0.176. The molecule has 3 aromatic rings. The van der Waals surface area contributed by atoms with E-state index < -0.39 is 0 Å². The summed E-state index contributed by atoms with van der Waals surface area (Å²) in [6.07, 6.45) is 2.61. The highest BCUT2D eigenvalue weighted by atomic mass is 35.5. The predicted octanol–water partition coefficient (Wildman–Crippen LogP) is 5.48. The Hall–Kier alpha value is -1.64. The lowest BCUT2D eigenvalue weighted by Crippen LogP contribution is -2.15. The molecule has 1 heterocycles. The van der Waals surface area contributed by atoms with Gasteiger partial charge in [-0.15, -0.1) is 0 Å². The van der Waals surface area contributed by atoms with Gasteiger partial charge in [-0.05, 0) is 24.6 Å². The van der Waals surface area contributed by atoms with Crippen LogP contribution in [0, 0.1) is 0 Å². The van der Waals surface area contributed by atoms with Crippen molar-refractivity contribution >= 4 is 34.1 Å². The van der Waals surface area contributed by atoms with Gasteiger partial charge in [0.05, 0.1) is 27.1 Å². The summed E-state index contributed by atoms with van der Waals surface area (Å²) in [6, 6.07) is 14.0. The van der Waals surface area contributed by atoms with Crippen molar-refractivity contribution in [2.75, 3.05) is 0 Å². The number of aromatic amines is 1. The molecular weight excluding hydrogens is 305 g/mol. The lowest BCUT2D eigenvalue weighted by molar-refractivity contribution is 0.225. The SMILES string of the molecule is CC(Cc1ccccc1)Oc1ccc(Cl)c2[nH]cc(Cl)c12. The Kier molecular flexibility index (Phi) is 4.09. The molecule has 108 valence electrons. The van der Waals surface area contributed by atoms with E-state index in [0.717, 1.165) is 23.1 Å². The van der Waals surface area contributed by atoms with Crippen LogP contribution in [-0.2, 0) is 6.42 Å². The Morgan fingerprint density at radius 1 is 1.05 bits per heavy atom. The van der Waals surface area contributed by atoms with Crippen molar-refractivity contribution in [3.05, 3.63) is 64.3 Å². The number of hydrogen-bond donors (Lipinski definition) is 1. The van der Waals surface area contributed by atoms with Gasteiger partial charge in [0.15, 0.2) is 0 Å². The van der Waals surface area contributed by atoms with E-state index >= 15 is 0 Å². The summed E-state index contributed by atoms with van der Waals surface area (Å²) in [6.45, 7) is 2.05. The summed E-state index contributed by atoms with van der Waals surface area (Å²) in [5.41, 5.74) is 2.06. The molecule has 2 aromatic carbocycles. The first-order valence-electron chi connectivity index (χ1n) is 6.81. The molecule has 4 heteroatoms. The second kappa shape index (κ2) is 6.00. The zero-order chi connectivity index (χ0) is 14.8. The fourth-order valence-electron chi connectivity index (χ4n) is 2.45. The first kappa shape index (κ1) is 14.3. The standard InChI is InChI=1S/C17H15Cl2NO/c1-11(9-12-5-3-2-4-6-12)21-15-8-7-13(18)17-16(15)14(19)10-20-17/h2-8,10-11,20H,9H2,1H3. The maximum Gasteiger partial charge on any atom is 0.130 e. The predicted molar refractivity (Wildman–Crippen MR) is 88.6 cm³/mol. The third-order valence-corrected chi connectivity index (χ3v) is 4.01. The van der Waals surface area contributed by atoms with E-state index in [1.54, 1.807) is 6.20 Å². The first-order valence-corrected chi connectivity index (χ1v) is 7.56. The van der Waals surface area contributed by atoms with Gasteiger partial charge in [-0.1, -0.05) is 53.5 Å². The molecule has 0 bridgehead atoms. The molecule has 0 saturated carbocycles. The van der Waals surface area contributed by atoms with Gasteiger partial charge in [0.2, 0.25) is 0 Å². The fourth-order valence-corrected chi connectivity index (χ4v) is 2.90. The van der Waals surface area contributed by atoms with Crippen LogP contribution >= 0.6 is 23.2 Å². The minimum atomic E-state index is 0.0442. The van der Waals surface area contributed by atoms with E-state index in [1.165, 1.54) is 5.56 Å². The Labute approximate surface area is 133 Å². The Balaban J connectivity index is 1.85. The smallest absolute Gasteiger partial charge is 0.130 e. The van der Waals surface area contributed by atoms with Gasteiger partial charge in [0.25, 0.3) is 0 Å². The number of hydrogen-bond acceptors (Lipinski definition) is 1. The minimum Gasteiger partial charge on any atom is -0.490 e. The summed E-state index contributed by atoms with van der Waals surface area (Å²) >= 11 is 12.4. The number of benzene rings is 2. The molecule has 1 aromatic heterocycles. The van der Waals surface area contributed by atoms with E-state index in [2.05, 4.69) is 17.1 Å². The topological polar surface area (TPSA) is 25.0 Å². The Morgan fingerprint density at radius 3 is 2.57 bits per heavy atom. The van der Waals surface area contributed by atoms with Crippen LogP contribution in [0.2, 0.25) is 10.0 Å². The second-order valence-electron chi connectivity index (χ2n) is 5.05. The van der Waals surface area contributed by atoms with E-state index in [1.807, 2.05) is 37.3 Å². The summed E-state index contributed by atoms with van der Waals surface area (Å²) in [5.74, 6) is 0.754. The molecule has 0 radical (unpaired) electrons. The van der Waals surface area contributed by atoms with Crippen LogP contribution in [0.5, 0.6) is 5.75 Å². The van der Waals surface area contributed by atoms with E-state index in [-0.39, 0.29) is 6.10 Å². The van der Waals surface area contributed by atoms with Crippen molar-refractivity contribution in [1.82, 2.24) is 4.98 Å². The molecule has 0 aliphatic heterocycles. The molecule has 0 amide bonds. The van der Waals surface area contributed by atoms with E-state index in [0.29, 0.717) is 10.0 Å². The molecule has 1 atom stereocenters. The lowest BCUT2D eigenvalue weighted by Gasteiger charge is -2.16. The van der Waals surface area contributed by atoms with E-state index in [4.69, 9.17) is 27.9 Å². The molecule has 21 heavy (non-hydrogen) atoms. The molecule has 0 fully saturated rings. The molecule has 3 rings (SSSR count). The summed E-state index contributed by atoms with van der Waals surface area (Å²) in [7, 11) is 0. The maximum atomic E-state index is 6.22. The van der Waals surface area contributed by atoms with Crippen LogP contribution in [-0.4, -0.2) is 11.1 Å². The van der Waals surface area contributed by atoms with E-state index in [9.17, 15) is 0 Å². The lowest BCUT2D eigenvalue weighted by atomic mass is 10.1. The minimum absolute atomic E-state index is 0.0442. The highest BCUT2D eigenvalue weighted by molar-refractivity contribution is 6.40. The summed E-state index contributed by atoms with van der Waals surface area (Å²) in [4.78, 5) is 3.08. The third kappa shape index (κ3) is 3.02. The molecule has 0 saturated heterocycles. The third-order valence-electron chi connectivity index (χ3n) is 3.39. The number of halogens is 2. The van der Waals surface area contributed by atoms with Crippen molar-refractivity contribution in [2.45, 2.75) is 19.4 Å². The van der Waals surface area contributed by atoms with Gasteiger partial charge in [-0.25, -0.2) is 0 Å². The van der Waals surface area contributed by atoms with Crippen LogP contribution in [0.4, 0.5) is 0 Å². The van der Waals surface area contributed by atoms with Crippen molar-refractivity contribution < 1.29 is 4.74 Å². The van der Waals surface area contributed by atoms with Crippen molar-refractivity contribution in [3.8, 4) is 5.75 Å². The zero-order valence-corrected chi connectivity index (χ0v) is 13.1. The number of nitrogens with one attached hydrogen (secondary N) is 1. The monoisotopic (exact) mass is 319 g/mol. The molecule has 0 aliphatic rings. The number of H-pyrrole nitrogens is 1. The number of ether oxygens (including phenoxy) is 1. The molecule has 1 N–H and O–H groups in total. The normalized spacial score (nSPS) is 12.5. The zero-order valence-electron chi connectivity index (χ0n) is 11.6. The maximum absolute atomic E-state index is 6.22. The largest absolute Gasteiger partial charge is 0.490 e. The van der Waals surface area contributed by atoms with Gasteiger partial charge in [0.1, 0.15) is 5.75 Å². The first-order chi connectivity index (χ1) is 10.1. The Morgan fingerprint density at radius 2 is 1.81 bits per heavy atom. The highest BCUT2D eigenvalue weighted by Gasteiger charge is 2.14. The molecule has 0 spiro atoms. The average Bonchev–Trinajstić information content (AvgIpc) is 2.86. The van der Waals surface area contributed by atoms with Gasteiger partial charge in [-0.3, -0.25) is 0 Å². The molecular formula is C17H15Cl2NO. The van der Waals surface area contributed by atoms with Gasteiger partial charge >= 0.3 is 0 Å². The molecule has 2 nitrogen and oxygen atoms in total. The molecule has 1 unspecified atom stereocenters. The Bertz CT molecular complexity index is 752. The van der Waals surface area contributed by atoms with Gasteiger partial charge in [0, 0.05) is 12.6 Å². The number of aromatic nitrogens is 1. The van der Waals surface area contributed by atoms with Crippen molar-refractivity contribution in [1.29, 1.82) is 0 Å². The highest BCUT2D eigenvalue weighted by Crippen LogP contribution is 2.36. The quantitative estimate of drug-likeness (QED) is 0.676. The van der Waals surface area contributed by atoms with Gasteiger partial charge in [-0.2, -0.15) is 0 Å². The number of rotatable bonds is 4. The average molecular weight is 320 g/mol. The second-order valence-corrected chi connectivity index (χ2v) is 5.86.